The lowest BCUT2D eigenvalue weighted by atomic mass is 10.0. The van der Waals surface area contributed by atoms with Gasteiger partial charge in [-0.05, 0) is 61.4 Å². The molecule has 0 fully saturated rings. The molecule has 0 unspecified atom stereocenters. The van der Waals surface area contributed by atoms with E-state index < -0.39 is 0 Å². The monoisotopic (exact) mass is 475 g/mol. The predicted octanol–water partition coefficient (Wildman–Crippen LogP) is 7.82. The van der Waals surface area contributed by atoms with Crippen LogP contribution in [-0.2, 0) is 0 Å². The molecule has 2 aromatic heterocycles. The molecule has 2 aromatic carbocycles. The Labute approximate surface area is 206 Å². The summed E-state index contributed by atoms with van der Waals surface area (Å²) >= 11 is 6.10. The molecule has 0 saturated carbocycles. The second kappa shape index (κ2) is 11.7. The van der Waals surface area contributed by atoms with E-state index in [0.29, 0.717) is 18.2 Å². The number of pyridine rings is 1. The minimum Gasteiger partial charge on any atom is -0.493 e. The molecule has 0 aliphatic rings. The molecule has 4 aromatic rings. The van der Waals surface area contributed by atoms with Crippen molar-refractivity contribution in [3.63, 3.8) is 0 Å². The van der Waals surface area contributed by atoms with Gasteiger partial charge in [-0.15, -0.1) is 0 Å². The first-order valence-electron chi connectivity index (χ1n) is 11.9. The largest absolute Gasteiger partial charge is 0.493 e. The van der Waals surface area contributed by atoms with Crippen LogP contribution in [0.5, 0.6) is 11.5 Å². The molecule has 0 aliphatic carbocycles. The van der Waals surface area contributed by atoms with Crippen LogP contribution >= 0.6 is 11.6 Å². The number of benzene rings is 2. The summed E-state index contributed by atoms with van der Waals surface area (Å²) in [6, 6.07) is 17.6. The molecular weight excluding hydrogens is 446 g/mol. The molecule has 176 valence electrons. The van der Waals surface area contributed by atoms with Gasteiger partial charge in [-0.3, -0.25) is 4.98 Å². The average molecular weight is 476 g/mol. The fraction of sp³-hybridized carbons (Fsp3) is 0.286. The standard InChI is InChI=1S/C28H30ClN3O2/c1-3-5-17-33-23-11-12-24(25(19-23)34-18-6-4-2)27-26(20-13-15-30-16-14-20)31-28(32-27)21-7-9-22(29)10-8-21/h7-16,19H,3-6,17-18H2,1-2H3,(H,31,32). The zero-order valence-corrected chi connectivity index (χ0v) is 20.4. The van der Waals surface area contributed by atoms with E-state index in [1.54, 1.807) is 12.4 Å². The van der Waals surface area contributed by atoms with Crippen LogP contribution in [0, 0.1) is 0 Å². The Morgan fingerprint density at radius 2 is 1.53 bits per heavy atom. The van der Waals surface area contributed by atoms with Crippen molar-refractivity contribution in [2.75, 3.05) is 13.2 Å². The van der Waals surface area contributed by atoms with Gasteiger partial charge in [-0.25, -0.2) is 4.98 Å². The maximum atomic E-state index is 6.24. The van der Waals surface area contributed by atoms with Crippen LogP contribution in [-0.4, -0.2) is 28.2 Å². The average Bonchev–Trinajstić information content (AvgIpc) is 3.31. The summed E-state index contributed by atoms with van der Waals surface area (Å²) in [5.41, 5.74) is 4.61. The predicted molar refractivity (Wildman–Crippen MR) is 139 cm³/mol. The number of imidazole rings is 1. The van der Waals surface area contributed by atoms with Gasteiger partial charge >= 0.3 is 0 Å². The van der Waals surface area contributed by atoms with Crippen molar-refractivity contribution >= 4 is 11.6 Å². The summed E-state index contributed by atoms with van der Waals surface area (Å²) in [4.78, 5) is 12.7. The lowest BCUT2D eigenvalue weighted by Gasteiger charge is -2.14. The van der Waals surface area contributed by atoms with E-state index in [0.717, 1.165) is 71.1 Å². The highest BCUT2D eigenvalue weighted by atomic mass is 35.5. The van der Waals surface area contributed by atoms with Gasteiger partial charge in [0.2, 0.25) is 0 Å². The molecular formula is C28H30ClN3O2. The van der Waals surface area contributed by atoms with Gasteiger partial charge in [-0.1, -0.05) is 38.3 Å². The van der Waals surface area contributed by atoms with Gasteiger partial charge in [0, 0.05) is 40.2 Å². The van der Waals surface area contributed by atoms with Crippen molar-refractivity contribution in [3.8, 4) is 45.4 Å². The van der Waals surface area contributed by atoms with E-state index in [-0.39, 0.29) is 0 Å². The molecule has 0 bridgehead atoms. The number of unbranched alkanes of at least 4 members (excludes halogenated alkanes) is 2. The van der Waals surface area contributed by atoms with Crippen LogP contribution in [0.2, 0.25) is 5.02 Å². The molecule has 6 heteroatoms. The minimum absolute atomic E-state index is 0.640. The number of aromatic amines is 1. The van der Waals surface area contributed by atoms with E-state index in [1.807, 2.05) is 54.6 Å². The second-order valence-corrected chi connectivity index (χ2v) is 8.55. The Bertz CT molecular complexity index is 1190. The molecule has 0 atom stereocenters. The second-order valence-electron chi connectivity index (χ2n) is 8.11. The first-order valence-corrected chi connectivity index (χ1v) is 12.2. The van der Waals surface area contributed by atoms with Crippen LogP contribution in [0.4, 0.5) is 0 Å². The number of H-pyrrole nitrogens is 1. The van der Waals surface area contributed by atoms with Gasteiger partial charge < -0.3 is 14.5 Å². The third-order valence-electron chi connectivity index (χ3n) is 5.52. The van der Waals surface area contributed by atoms with E-state index in [1.165, 1.54) is 0 Å². The summed E-state index contributed by atoms with van der Waals surface area (Å²) < 4.78 is 12.2. The summed E-state index contributed by atoms with van der Waals surface area (Å²) in [6.45, 7) is 5.64. The van der Waals surface area contributed by atoms with Crippen LogP contribution in [0.25, 0.3) is 33.9 Å². The SMILES string of the molecule is CCCCOc1ccc(-c2nc(-c3ccc(Cl)cc3)[nH]c2-c2ccncc2)c(OCCCC)c1. The number of nitrogens with one attached hydrogen (secondary N) is 1. The Morgan fingerprint density at radius 3 is 2.24 bits per heavy atom. The fourth-order valence-electron chi connectivity index (χ4n) is 3.61. The highest BCUT2D eigenvalue weighted by Crippen LogP contribution is 2.39. The lowest BCUT2D eigenvalue weighted by Crippen LogP contribution is -2.01. The van der Waals surface area contributed by atoms with Crippen molar-refractivity contribution < 1.29 is 9.47 Å². The van der Waals surface area contributed by atoms with Crippen LogP contribution in [0.1, 0.15) is 39.5 Å². The minimum atomic E-state index is 0.640. The van der Waals surface area contributed by atoms with Crippen molar-refractivity contribution in [3.05, 3.63) is 72.0 Å². The molecule has 4 rings (SSSR count). The third-order valence-corrected chi connectivity index (χ3v) is 5.77. The van der Waals surface area contributed by atoms with Crippen LogP contribution < -0.4 is 9.47 Å². The molecule has 0 radical (unpaired) electrons. The van der Waals surface area contributed by atoms with Crippen molar-refractivity contribution in [2.24, 2.45) is 0 Å². The van der Waals surface area contributed by atoms with Crippen molar-refractivity contribution in [1.82, 2.24) is 15.0 Å². The third kappa shape index (κ3) is 5.78. The summed E-state index contributed by atoms with van der Waals surface area (Å²) in [5.74, 6) is 2.34. The lowest BCUT2D eigenvalue weighted by molar-refractivity contribution is 0.295. The van der Waals surface area contributed by atoms with Crippen molar-refractivity contribution in [2.45, 2.75) is 39.5 Å². The molecule has 2 heterocycles. The molecule has 0 aliphatic heterocycles. The van der Waals surface area contributed by atoms with Gasteiger partial charge in [0.25, 0.3) is 0 Å². The van der Waals surface area contributed by atoms with Gasteiger partial charge in [0.05, 0.1) is 18.9 Å². The Morgan fingerprint density at radius 1 is 0.824 bits per heavy atom. The van der Waals surface area contributed by atoms with Crippen molar-refractivity contribution in [1.29, 1.82) is 0 Å². The first-order chi connectivity index (χ1) is 16.7. The van der Waals surface area contributed by atoms with Crippen LogP contribution in [0.3, 0.4) is 0 Å². The van der Waals surface area contributed by atoms with E-state index in [2.05, 4.69) is 23.8 Å². The maximum absolute atomic E-state index is 6.24. The number of ether oxygens (including phenoxy) is 2. The molecule has 0 saturated heterocycles. The van der Waals surface area contributed by atoms with E-state index >= 15 is 0 Å². The topological polar surface area (TPSA) is 60.0 Å². The Hall–Kier alpha value is -3.31. The molecule has 0 spiro atoms. The molecule has 0 amide bonds. The molecule has 1 N–H and O–H groups in total. The quantitative estimate of drug-likeness (QED) is 0.224. The molecule has 5 nitrogen and oxygen atoms in total. The smallest absolute Gasteiger partial charge is 0.138 e. The first kappa shape index (κ1) is 23.8. The highest BCUT2D eigenvalue weighted by molar-refractivity contribution is 6.30. The van der Waals surface area contributed by atoms with Gasteiger partial charge in [-0.2, -0.15) is 0 Å². The normalized spacial score (nSPS) is 10.9. The Balaban J connectivity index is 1.80. The zero-order valence-electron chi connectivity index (χ0n) is 19.7. The Kier molecular flexibility index (Phi) is 8.21. The number of rotatable bonds is 11. The number of aromatic nitrogens is 3. The number of hydrogen-bond acceptors (Lipinski definition) is 4. The number of hydrogen-bond donors (Lipinski definition) is 1. The van der Waals surface area contributed by atoms with Crippen LogP contribution in [0.15, 0.2) is 67.0 Å². The van der Waals surface area contributed by atoms with Gasteiger partial charge in [0.1, 0.15) is 23.0 Å². The maximum Gasteiger partial charge on any atom is 0.138 e. The highest BCUT2D eigenvalue weighted by Gasteiger charge is 2.19. The fourth-order valence-corrected chi connectivity index (χ4v) is 3.73. The zero-order chi connectivity index (χ0) is 23.8. The number of nitrogens with zero attached hydrogens (tertiary/aromatic N) is 2. The number of halogens is 1. The van der Waals surface area contributed by atoms with E-state index in [4.69, 9.17) is 26.1 Å². The summed E-state index contributed by atoms with van der Waals surface area (Å²) in [7, 11) is 0. The summed E-state index contributed by atoms with van der Waals surface area (Å²) in [6.07, 6.45) is 7.72. The summed E-state index contributed by atoms with van der Waals surface area (Å²) in [5, 5.41) is 0.690. The van der Waals surface area contributed by atoms with Gasteiger partial charge in [0.15, 0.2) is 0 Å². The van der Waals surface area contributed by atoms with E-state index in [9.17, 15) is 0 Å². The molecule has 34 heavy (non-hydrogen) atoms.